The van der Waals surface area contributed by atoms with Crippen LogP contribution in [0.25, 0.3) is 0 Å². The van der Waals surface area contributed by atoms with Crippen molar-refractivity contribution in [2.75, 3.05) is 29.1 Å². The number of rotatable bonds is 4. The van der Waals surface area contributed by atoms with Crippen LogP contribution in [-0.2, 0) is 4.79 Å². The summed E-state index contributed by atoms with van der Waals surface area (Å²) in [4.78, 5) is 14.9. The van der Waals surface area contributed by atoms with Crippen LogP contribution in [0.4, 0.5) is 11.4 Å². The highest BCUT2D eigenvalue weighted by molar-refractivity contribution is 7.99. The predicted octanol–water partition coefficient (Wildman–Crippen LogP) is 6.36. The summed E-state index contributed by atoms with van der Waals surface area (Å²) < 4.78 is 0. The zero-order valence-corrected chi connectivity index (χ0v) is 19.2. The van der Waals surface area contributed by atoms with Crippen LogP contribution < -0.4 is 10.2 Å². The van der Waals surface area contributed by atoms with Gasteiger partial charge >= 0.3 is 0 Å². The molecule has 2 aromatic rings. The van der Waals surface area contributed by atoms with Crippen molar-refractivity contribution >= 4 is 29.0 Å². The Balaban J connectivity index is 1.70. The molecule has 29 heavy (non-hydrogen) atoms. The van der Waals surface area contributed by atoms with Crippen molar-refractivity contribution in [3.05, 3.63) is 59.2 Å². The zero-order valence-electron chi connectivity index (χ0n) is 18.4. The van der Waals surface area contributed by atoms with Gasteiger partial charge in [-0.05, 0) is 54.5 Å². The van der Waals surface area contributed by atoms with Crippen molar-refractivity contribution in [2.24, 2.45) is 5.41 Å². The van der Waals surface area contributed by atoms with Gasteiger partial charge in [0.1, 0.15) is 0 Å². The van der Waals surface area contributed by atoms with E-state index in [4.69, 9.17) is 0 Å². The minimum Gasteiger partial charge on any atom is -0.371 e. The molecule has 1 aliphatic rings. The summed E-state index contributed by atoms with van der Waals surface area (Å²) in [6.45, 7) is 12.6. The Labute approximate surface area is 180 Å². The number of aryl methyl sites for hydroxylation is 2. The second-order valence-corrected chi connectivity index (χ2v) is 10.6. The highest BCUT2D eigenvalue weighted by Gasteiger charge is 2.21. The van der Waals surface area contributed by atoms with E-state index in [1.165, 1.54) is 11.3 Å². The van der Waals surface area contributed by atoms with Gasteiger partial charge in [-0.15, -0.1) is 0 Å². The maximum absolute atomic E-state index is 12.4. The number of hydrogen-bond donors (Lipinski definition) is 1. The van der Waals surface area contributed by atoms with Crippen LogP contribution in [0, 0.1) is 19.3 Å². The zero-order chi connectivity index (χ0) is 21.0. The van der Waals surface area contributed by atoms with Gasteiger partial charge in [-0.2, -0.15) is 11.8 Å². The van der Waals surface area contributed by atoms with Crippen molar-refractivity contribution in [2.45, 2.75) is 52.7 Å². The molecule has 1 heterocycles. The van der Waals surface area contributed by atoms with Gasteiger partial charge in [-0.1, -0.05) is 51.1 Å². The first-order chi connectivity index (χ1) is 13.7. The standard InChI is InChI=1S/C25H34N2OS/c1-18-15-21(16-19(2)24(18)26-23(28)17-25(3,4)5)27-12-11-22(29-14-13-27)20-9-7-6-8-10-20/h6-10,15-16,22H,11-14,17H2,1-5H3,(H,26,28). The van der Waals surface area contributed by atoms with Crippen LogP contribution in [0.15, 0.2) is 42.5 Å². The molecule has 0 radical (unpaired) electrons. The van der Waals surface area contributed by atoms with E-state index in [1.54, 1.807) is 0 Å². The van der Waals surface area contributed by atoms with E-state index in [1.807, 2.05) is 0 Å². The monoisotopic (exact) mass is 410 g/mol. The molecule has 0 aromatic heterocycles. The van der Waals surface area contributed by atoms with Gasteiger partial charge in [0.2, 0.25) is 5.91 Å². The van der Waals surface area contributed by atoms with E-state index in [2.05, 4.69) is 99.1 Å². The van der Waals surface area contributed by atoms with Gasteiger partial charge < -0.3 is 10.2 Å². The van der Waals surface area contributed by atoms with Crippen LogP contribution in [0.3, 0.4) is 0 Å². The van der Waals surface area contributed by atoms with E-state index in [0.717, 1.165) is 42.1 Å². The molecule has 1 fully saturated rings. The Bertz CT molecular complexity index is 819. The molecule has 2 aromatic carbocycles. The molecule has 3 nitrogen and oxygen atoms in total. The first-order valence-electron chi connectivity index (χ1n) is 10.6. The molecule has 0 saturated carbocycles. The molecule has 1 N–H and O–H groups in total. The average Bonchev–Trinajstić information content (AvgIpc) is 2.90. The number of nitrogens with zero attached hydrogens (tertiary/aromatic N) is 1. The van der Waals surface area contributed by atoms with Crippen LogP contribution in [0.5, 0.6) is 0 Å². The molecule has 1 atom stereocenters. The fourth-order valence-electron chi connectivity index (χ4n) is 3.95. The van der Waals surface area contributed by atoms with Crippen molar-refractivity contribution in [3.63, 3.8) is 0 Å². The van der Waals surface area contributed by atoms with Crippen LogP contribution >= 0.6 is 11.8 Å². The Morgan fingerprint density at radius 1 is 1.10 bits per heavy atom. The van der Waals surface area contributed by atoms with Crippen LogP contribution in [-0.4, -0.2) is 24.7 Å². The summed E-state index contributed by atoms with van der Waals surface area (Å²) in [6, 6.07) is 15.3. The third kappa shape index (κ3) is 6.02. The molecule has 156 valence electrons. The second kappa shape index (κ2) is 9.25. The number of amides is 1. The third-order valence-electron chi connectivity index (χ3n) is 5.35. The lowest BCUT2D eigenvalue weighted by atomic mass is 9.92. The molecule has 0 spiro atoms. The van der Waals surface area contributed by atoms with Crippen LogP contribution in [0.1, 0.15) is 55.6 Å². The summed E-state index contributed by atoms with van der Waals surface area (Å²) in [5.41, 5.74) is 5.93. The molecule has 3 rings (SSSR count). The van der Waals surface area contributed by atoms with Gasteiger partial charge in [-0.25, -0.2) is 0 Å². The molecule has 0 aliphatic carbocycles. The van der Waals surface area contributed by atoms with E-state index >= 15 is 0 Å². The van der Waals surface area contributed by atoms with Crippen molar-refractivity contribution in [3.8, 4) is 0 Å². The molecule has 0 bridgehead atoms. The maximum atomic E-state index is 12.4. The van der Waals surface area contributed by atoms with Crippen molar-refractivity contribution in [1.29, 1.82) is 0 Å². The molecule has 4 heteroatoms. The summed E-state index contributed by atoms with van der Waals surface area (Å²) >= 11 is 2.06. The van der Waals surface area contributed by atoms with Gasteiger partial charge in [0.15, 0.2) is 0 Å². The topological polar surface area (TPSA) is 32.3 Å². The first-order valence-corrected chi connectivity index (χ1v) is 11.6. The lowest BCUT2D eigenvalue weighted by Gasteiger charge is -2.25. The average molecular weight is 411 g/mol. The summed E-state index contributed by atoms with van der Waals surface area (Å²) in [7, 11) is 0. The minimum atomic E-state index is -0.00908. The molecule has 1 aliphatic heterocycles. The van der Waals surface area contributed by atoms with Gasteiger partial charge in [0, 0.05) is 41.9 Å². The second-order valence-electron chi connectivity index (χ2n) is 9.29. The molecular weight excluding hydrogens is 376 g/mol. The van der Waals surface area contributed by atoms with Crippen molar-refractivity contribution in [1.82, 2.24) is 0 Å². The van der Waals surface area contributed by atoms with Gasteiger partial charge in [0.05, 0.1) is 0 Å². The summed E-state index contributed by atoms with van der Waals surface area (Å²) in [5.74, 6) is 1.22. The summed E-state index contributed by atoms with van der Waals surface area (Å²) in [5, 5.41) is 3.71. The fraction of sp³-hybridized carbons (Fsp3) is 0.480. The molecule has 1 unspecified atom stereocenters. The Morgan fingerprint density at radius 2 is 1.76 bits per heavy atom. The number of benzene rings is 2. The number of hydrogen-bond acceptors (Lipinski definition) is 3. The smallest absolute Gasteiger partial charge is 0.224 e. The number of anilines is 2. The molecular formula is C25H34N2OS. The Morgan fingerprint density at radius 3 is 2.38 bits per heavy atom. The number of carbonyl (C=O) groups is 1. The van der Waals surface area contributed by atoms with E-state index in [9.17, 15) is 4.79 Å². The Hall–Kier alpha value is -1.94. The fourth-order valence-corrected chi connectivity index (χ4v) is 5.18. The van der Waals surface area contributed by atoms with E-state index in [-0.39, 0.29) is 11.3 Å². The third-order valence-corrected chi connectivity index (χ3v) is 6.68. The normalized spacial score (nSPS) is 17.7. The van der Waals surface area contributed by atoms with Gasteiger partial charge in [0.25, 0.3) is 0 Å². The highest BCUT2D eigenvalue weighted by Crippen LogP contribution is 2.36. The minimum absolute atomic E-state index is 0.00908. The number of carbonyl (C=O) groups excluding carboxylic acids is 1. The van der Waals surface area contributed by atoms with Crippen LogP contribution in [0.2, 0.25) is 0 Å². The van der Waals surface area contributed by atoms with Crippen molar-refractivity contribution < 1.29 is 4.79 Å². The lowest BCUT2D eigenvalue weighted by Crippen LogP contribution is -2.26. The molecule has 1 amide bonds. The van der Waals surface area contributed by atoms with E-state index < -0.39 is 0 Å². The summed E-state index contributed by atoms with van der Waals surface area (Å²) in [6.07, 6.45) is 1.68. The number of thioether (sulfide) groups is 1. The first kappa shape index (κ1) is 21.8. The maximum Gasteiger partial charge on any atom is 0.224 e. The SMILES string of the molecule is Cc1cc(N2CCSC(c3ccccc3)CC2)cc(C)c1NC(=O)CC(C)(C)C. The lowest BCUT2D eigenvalue weighted by molar-refractivity contribution is -0.117. The quantitative estimate of drug-likeness (QED) is 0.636. The largest absolute Gasteiger partial charge is 0.371 e. The molecule has 1 saturated heterocycles. The number of nitrogens with one attached hydrogen (secondary N) is 1. The predicted molar refractivity (Wildman–Crippen MR) is 127 cm³/mol. The highest BCUT2D eigenvalue weighted by atomic mass is 32.2. The Kier molecular flexibility index (Phi) is 6.94. The van der Waals surface area contributed by atoms with E-state index in [0.29, 0.717) is 11.7 Å². The van der Waals surface area contributed by atoms with Gasteiger partial charge in [-0.3, -0.25) is 4.79 Å².